The van der Waals surface area contributed by atoms with E-state index < -0.39 is 5.97 Å². The van der Waals surface area contributed by atoms with Crippen molar-refractivity contribution in [2.24, 2.45) is 0 Å². The number of nitrogens with one attached hydrogen (secondary N) is 1. The fourth-order valence-electron chi connectivity index (χ4n) is 2.47. The molecule has 2 aromatic carbocycles. The Morgan fingerprint density at radius 3 is 2.85 bits per heavy atom. The molecule has 0 bridgehead atoms. The van der Waals surface area contributed by atoms with Crippen LogP contribution in [0.5, 0.6) is 5.75 Å². The van der Waals surface area contributed by atoms with Crippen molar-refractivity contribution < 1.29 is 23.9 Å². The molecule has 0 unspecified atom stereocenters. The quantitative estimate of drug-likeness (QED) is 0.477. The standard InChI is InChI=1S/C19H17NO5S/c1-2-26-17-6-4-3-5-13(17)19(23)25-10-15(21)12-7-8-16-14(9-12)20-18(22)11-24-16/h3-9H,2,10-11H2,1H3,(H,20,22). The number of hydrogen-bond acceptors (Lipinski definition) is 6. The van der Waals surface area contributed by atoms with Crippen LogP contribution in [0.25, 0.3) is 0 Å². The van der Waals surface area contributed by atoms with Gasteiger partial charge in [0.15, 0.2) is 19.0 Å². The number of carbonyl (C=O) groups is 3. The summed E-state index contributed by atoms with van der Waals surface area (Å²) in [5.74, 6) is 0.153. The van der Waals surface area contributed by atoms with E-state index in [9.17, 15) is 14.4 Å². The van der Waals surface area contributed by atoms with Gasteiger partial charge in [0, 0.05) is 10.5 Å². The average Bonchev–Trinajstić information content (AvgIpc) is 2.66. The lowest BCUT2D eigenvalue weighted by atomic mass is 10.1. The minimum Gasteiger partial charge on any atom is -0.482 e. The number of esters is 1. The summed E-state index contributed by atoms with van der Waals surface area (Å²) >= 11 is 1.54. The number of ether oxygens (including phenoxy) is 2. The second kappa shape index (κ2) is 8.05. The molecule has 134 valence electrons. The summed E-state index contributed by atoms with van der Waals surface area (Å²) in [4.78, 5) is 36.8. The van der Waals surface area contributed by atoms with Crippen LogP contribution in [0, 0.1) is 0 Å². The second-order valence-corrected chi connectivity index (χ2v) is 6.78. The molecule has 3 rings (SSSR count). The molecule has 0 spiro atoms. The van der Waals surface area contributed by atoms with Gasteiger partial charge in [-0.25, -0.2) is 4.79 Å². The minimum absolute atomic E-state index is 0.0485. The first-order valence-corrected chi connectivity index (χ1v) is 9.06. The lowest BCUT2D eigenvalue weighted by Gasteiger charge is -2.18. The van der Waals surface area contributed by atoms with E-state index in [1.54, 1.807) is 24.3 Å². The van der Waals surface area contributed by atoms with Gasteiger partial charge >= 0.3 is 5.97 Å². The van der Waals surface area contributed by atoms with Gasteiger partial charge in [0.05, 0.1) is 11.3 Å². The maximum atomic E-state index is 12.3. The molecule has 0 atom stereocenters. The van der Waals surface area contributed by atoms with Gasteiger partial charge in [0.2, 0.25) is 0 Å². The normalized spacial score (nSPS) is 12.6. The first-order chi connectivity index (χ1) is 12.6. The van der Waals surface area contributed by atoms with Gasteiger partial charge in [-0.05, 0) is 36.1 Å². The monoisotopic (exact) mass is 371 g/mol. The molecule has 0 aliphatic carbocycles. The number of thioether (sulfide) groups is 1. The van der Waals surface area contributed by atoms with Crippen LogP contribution in [0.1, 0.15) is 27.6 Å². The van der Waals surface area contributed by atoms with Crippen LogP contribution in [-0.2, 0) is 9.53 Å². The fourth-order valence-corrected chi connectivity index (χ4v) is 3.26. The lowest BCUT2D eigenvalue weighted by Crippen LogP contribution is -2.25. The first kappa shape index (κ1) is 18.0. The number of ketones is 1. The van der Waals surface area contributed by atoms with Gasteiger partial charge in [-0.2, -0.15) is 0 Å². The Morgan fingerprint density at radius 2 is 2.04 bits per heavy atom. The molecule has 1 amide bonds. The SMILES string of the molecule is CCSc1ccccc1C(=O)OCC(=O)c1ccc2c(c1)NC(=O)CO2. The average molecular weight is 371 g/mol. The largest absolute Gasteiger partial charge is 0.482 e. The Labute approximate surface area is 154 Å². The Kier molecular flexibility index (Phi) is 5.58. The third-order valence-corrected chi connectivity index (χ3v) is 4.63. The van der Waals surface area contributed by atoms with Crippen molar-refractivity contribution in [3.63, 3.8) is 0 Å². The molecule has 0 fully saturated rings. The van der Waals surface area contributed by atoms with Crippen molar-refractivity contribution in [2.75, 3.05) is 24.3 Å². The van der Waals surface area contributed by atoms with Gasteiger partial charge in [-0.3, -0.25) is 9.59 Å². The molecule has 1 aliphatic rings. The van der Waals surface area contributed by atoms with Crippen LogP contribution < -0.4 is 10.1 Å². The van der Waals surface area contributed by atoms with E-state index in [2.05, 4.69) is 5.32 Å². The van der Waals surface area contributed by atoms with E-state index in [0.717, 1.165) is 10.6 Å². The molecule has 1 heterocycles. The van der Waals surface area contributed by atoms with Crippen LogP contribution in [0.4, 0.5) is 5.69 Å². The third kappa shape index (κ3) is 4.05. The summed E-state index contributed by atoms with van der Waals surface area (Å²) in [5, 5.41) is 2.64. The van der Waals surface area contributed by atoms with Gasteiger partial charge in [-0.15, -0.1) is 11.8 Å². The van der Waals surface area contributed by atoms with Crippen LogP contribution in [0.2, 0.25) is 0 Å². The summed E-state index contributed by atoms with van der Waals surface area (Å²) in [6.45, 7) is 1.57. The van der Waals surface area contributed by atoms with Gasteiger partial charge in [0.25, 0.3) is 5.91 Å². The first-order valence-electron chi connectivity index (χ1n) is 8.07. The minimum atomic E-state index is -0.538. The number of carbonyl (C=O) groups excluding carboxylic acids is 3. The maximum absolute atomic E-state index is 12.3. The number of rotatable bonds is 6. The van der Waals surface area contributed by atoms with E-state index in [1.165, 1.54) is 17.8 Å². The Bertz CT molecular complexity index is 865. The molecule has 0 aromatic heterocycles. The van der Waals surface area contributed by atoms with Gasteiger partial charge in [0.1, 0.15) is 5.75 Å². The zero-order valence-electron chi connectivity index (χ0n) is 14.1. The summed E-state index contributed by atoms with van der Waals surface area (Å²) in [6, 6.07) is 11.8. The zero-order chi connectivity index (χ0) is 18.5. The van der Waals surface area contributed by atoms with Crippen LogP contribution in [-0.4, -0.2) is 36.6 Å². The summed E-state index contributed by atoms with van der Waals surface area (Å²) in [7, 11) is 0. The molecule has 0 saturated carbocycles. The molecular formula is C19H17NO5S. The van der Waals surface area contributed by atoms with Crippen molar-refractivity contribution in [3.8, 4) is 5.75 Å². The van der Waals surface area contributed by atoms with Crippen molar-refractivity contribution in [1.82, 2.24) is 0 Å². The highest BCUT2D eigenvalue weighted by molar-refractivity contribution is 7.99. The fraction of sp³-hybridized carbons (Fsp3) is 0.211. The molecule has 0 radical (unpaired) electrons. The van der Waals surface area contributed by atoms with Gasteiger partial charge in [-0.1, -0.05) is 19.1 Å². The van der Waals surface area contributed by atoms with Crippen molar-refractivity contribution in [2.45, 2.75) is 11.8 Å². The molecule has 7 heteroatoms. The number of amides is 1. The molecule has 2 aromatic rings. The molecule has 0 saturated heterocycles. The molecular weight excluding hydrogens is 354 g/mol. The van der Waals surface area contributed by atoms with Crippen LogP contribution in [0.15, 0.2) is 47.4 Å². The van der Waals surface area contributed by atoms with E-state index in [1.807, 2.05) is 19.1 Å². The molecule has 26 heavy (non-hydrogen) atoms. The van der Waals surface area contributed by atoms with E-state index in [0.29, 0.717) is 22.6 Å². The third-order valence-electron chi connectivity index (χ3n) is 3.68. The van der Waals surface area contributed by atoms with E-state index in [-0.39, 0.29) is 24.9 Å². The molecule has 6 nitrogen and oxygen atoms in total. The lowest BCUT2D eigenvalue weighted by molar-refractivity contribution is -0.118. The topological polar surface area (TPSA) is 81.7 Å². The Balaban J connectivity index is 1.67. The van der Waals surface area contributed by atoms with Crippen molar-refractivity contribution >= 4 is 35.1 Å². The highest BCUT2D eigenvalue weighted by Crippen LogP contribution is 2.28. The van der Waals surface area contributed by atoms with Crippen LogP contribution >= 0.6 is 11.8 Å². The smallest absolute Gasteiger partial charge is 0.339 e. The molecule has 1 aliphatic heterocycles. The maximum Gasteiger partial charge on any atom is 0.339 e. The van der Waals surface area contributed by atoms with Crippen LogP contribution in [0.3, 0.4) is 0 Å². The summed E-state index contributed by atoms with van der Waals surface area (Å²) in [6.07, 6.45) is 0. The van der Waals surface area contributed by atoms with E-state index in [4.69, 9.17) is 9.47 Å². The van der Waals surface area contributed by atoms with E-state index >= 15 is 0 Å². The highest BCUT2D eigenvalue weighted by Gasteiger charge is 2.19. The number of anilines is 1. The Hall–Kier alpha value is -2.80. The molecule has 1 N–H and O–H groups in total. The second-order valence-electron chi connectivity index (χ2n) is 5.48. The van der Waals surface area contributed by atoms with Crippen molar-refractivity contribution in [1.29, 1.82) is 0 Å². The Morgan fingerprint density at radius 1 is 1.23 bits per heavy atom. The number of fused-ring (bicyclic) bond motifs is 1. The number of Topliss-reactive ketones (excluding diaryl/α,β-unsaturated/α-hetero) is 1. The van der Waals surface area contributed by atoms with Crippen molar-refractivity contribution in [3.05, 3.63) is 53.6 Å². The predicted molar refractivity (Wildman–Crippen MR) is 98.0 cm³/mol. The van der Waals surface area contributed by atoms with Gasteiger partial charge < -0.3 is 14.8 Å². The zero-order valence-corrected chi connectivity index (χ0v) is 14.9. The summed E-state index contributed by atoms with van der Waals surface area (Å²) in [5.41, 5.74) is 1.21. The number of hydrogen-bond donors (Lipinski definition) is 1. The predicted octanol–water partition coefficient (Wildman–Crippen LogP) is 3.17. The number of benzene rings is 2. The highest BCUT2D eigenvalue weighted by atomic mass is 32.2. The summed E-state index contributed by atoms with van der Waals surface area (Å²) < 4.78 is 10.4.